The number of amides is 4. The lowest BCUT2D eigenvalue weighted by Gasteiger charge is -2.24. The minimum atomic E-state index is -1.90. The number of primary amides is 1. The van der Waals surface area contributed by atoms with E-state index in [0.29, 0.717) is 19.4 Å². The molecule has 0 saturated heterocycles. The Morgan fingerprint density at radius 2 is 1.17 bits per heavy atom. The van der Waals surface area contributed by atoms with Gasteiger partial charge in [-0.2, -0.15) is 0 Å². The number of nitrogens with one attached hydrogen (secondary N) is 3. The van der Waals surface area contributed by atoms with Gasteiger partial charge in [-0.3, -0.25) is 28.8 Å². The van der Waals surface area contributed by atoms with E-state index >= 15 is 0 Å². The second-order valence-electron chi connectivity index (χ2n) is 7.61. The van der Waals surface area contributed by atoms with E-state index in [4.69, 9.17) is 32.5 Å². The van der Waals surface area contributed by atoms with Gasteiger partial charge >= 0.3 is 17.9 Å². The molecule has 0 fully saturated rings. The van der Waals surface area contributed by atoms with E-state index in [1.165, 1.54) is 0 Å². The number of carbonyl (C=O) groups excluding carboxylic acids is 4. The van der Waals surface area contributed by atoms with Crippen molar-refractivity contribution in [1.82, 2.24) is 16.0 Å². The molecule has 0 aromatic carbocycles. The van der Waals surface area contributed by atoms with Gasteiger partial charge < -0.3 is 48.5 Å². The van der Waals surface area contributed by atoms with Crippen LogP contribution in [0.15, 0.2) is 0 Å². The fourth-order valence-corrected chi connectivity index (χ4v) is 2.78. The Morgan fingerprint density at radius 1 is 0.686 bits per heavy atom. The van der Waals surface area contributed by atoms with Crippen LogP contribution >= 0.6 is 0 Å². The van der Waals surface area contributed by atoms with Gasteiger partial charge in [-0.1, -0.05) is 6.42 Å². The van der Waals surface area contributed by atoms with Crippen molar-refractivity contribution >= 4 is 41.5 Å². The molecule has 0 bridgehead atoms. The molecule has 0 saturated carbocycles. The third-order valence-electron chi connectivity index (χ3n) is 4.62. The first kappa shape index (κ1) is 31.2. The van der Waals surface area contributed by atoms with E-state index in [2.05, 4.69) is 10.6 Å². The second-order valence-corrected chi connectivity index (χ2v) is 7.61. The predicted molar refractivity (Wildman–Crippen MR) is 117 cm³/mol. The molecule has 16 nitrogen and oxygen atoms in total. The Morgan fingerprint density at radius 3 is 1.66 bits per heavy atom. The third kappa shape index (κ3) is 13.5. The summed E-state index contributed by atoms with van der Waals surface area (Å²) in [6, 6.07) is -6.18. The highest BCUT2D eigenvalue weighted by atomic mass is 16.4. The first-order valence-electron chi connectivity index (χ1n) is 10.6. The van der Waals surface area contributed by atoms with E-state index in [-0.39, 0.29) is 19.3 Å². The van der Waals surface area contributed by atoms with Crippen molar-refractivity contribution in [1.29, 1.82) is 0 Å². The summed E-state index contributed by atoms with van der Waals surface area (Å²) in [5, 5.41) is 33.1. The molecule has 4 atom stereocenters. The average molecular weight is 504 g/mol. The standard InChI is InChI=1S/C19H32N6O10/c20-6-2-1-3-9(21)16(31)23-10(4-5-13(22)26)17(32)24-11(7-14(27)28)18(33)25-12(19(34)35)8-15(29)30/h9-12H,1-8,20-21H2,(H2,22,26)(H,23,31)(H,24,32)(H,25,33)(H,27,28)(H,29,30)(H,34,35). The number of hydrogen-bond acceptors (Lipinski definition) is 9. The van der Waals surface area contributed by atoms with Gasteiger partial charge in [-0.25, -0.2) is 4.79 Å². The van der Waals surface area contributed by atoms with Gasteiger partial charge in [0.1, 0.15) is 18.1 Å². The number of hydrogen-bond donors (Lipinski definition) is 9. The van der Waals surface area contributed by atoms with Crippen LogP contribution in [0.25, 0.3) is 0 Å². The molecule has 0 radical (unpaired) electrons. The summed E-state index contributed by atoms with van der Waals surface area (Å²) < 4.78 is 0. The second kappa shape index (κ2) is 15.9. The van der Waals surface area contributed by atoms with Gasteiger partial charge in [0.05, 0.1) is 18.9 Å². The molecular formula is C19H32N6O10. The van der Waals surface area contributed by atoms with Crippen molar-refractivity contribution < 1.29 is 48.9 Å². The Labute approximate surface area is 199 Å². The highest BCUT2D eigenvalue weighted by Gasteiger charge is 2.32. The monoisotopic (exact) mass is 504 g/mol. The molecule has 35 heavy (non-hydrogen) atoms. The number of carboxylic acids is 3. The maximum Gasteiger partial charge on any atom is 0.326 e. The van der Waals surface area contributed by atoms with Crippen molar-refractivity contribution in [2.75, 3.05) is 6.54 Å². The van der Waals surface area contributed by atoms with Crippen LogP contribution in [0.2, 0.25) is 0 Å². The SMILES string of the molecule is NCCCCC(N)C(=O)NC(CCC(N)=O)C(=O)NC(CC(=O)O)C(=O)NC(CC(=O)O)C(=O)O. The number of aliphatic carboxylic acids is 3. The van der Waals surface area contributed by atoms with E-state index in [0.717, 1.165) is 0 Å². The van der Waals surface area contributed by atoms with Gasteiger partial charge in [0.2, 0.25) is 23.6 Å². The number of carboxylic acid groups (broad SMARTS) is 3. The number of nitrogens with two attached hydrogens (primary N) is 3. The average Bonchev–Trinajstić information content (AvgIpc) is 2.74. The van der Waals surface area contributed by atoms with Crippen molar-refractivity contribution in [2.24, 2.45) is 17.2 Å². The summed E-state index contributed by atoms with van der Waals surface area (Å²) in [6.07, 6.45) is -1.27. The van der Waals surface area contributed by atoms with Crippen molar-refractivity contribution in [3.05, 3.63) is 0 Å². The van der Waals surface area contributed by atoms with Gasteiger partial charge in [0, 0.05) is 6.42 Å². The zero-order chi connectivity index (χ0) is 27.1. The normalized spacial score (nSPS) is 14.0. The molecule has 4 amide bonds. The maximum atomic E-state index is 12.7. The Kier molecular flexibility index (Phi) is 14.2. The fourth-order valence-electron chi connectivity index (χ4n) is 2.78. The first-order valence-corrected chi connectivity index (χ1v) is 10.6. The van der Waals surface area contributed by atoms with E-state index < -0.39 is 78.5 Å². The molecule has 0 aromatic heterocycles. The largest absolute Gasteiger partial charge is 0.481 e. The van der Waals surface area contributed by atoms with Gasteiger partial charge in [-0.15, -0.1) is 0 Å². The Bertz CT molecular complexity index is 805. The lowest BCUT2D eigenvalue weighted by Crippen LogP contribution is -2.57. The quantitative estimate of drug-likeness (QED) is 0.0812. The summed E-state index contributed by atoms with van der Waals surface area (Å²) in [7, 11) is 0. The van der Waals surface area contributed by atoms with Crippen LogP contribution in [-0.4, -0.2) is 87.6 Å². The molecule has 4 unspecified atom stereocenters. The Hall–Kier alpha value is -3.79. The summed E-state index contributed by atoms with van der Waals surface area (Å²) in [5.41, 5.74) is 16.2. The predicted octanol–water partition coefficient (Wildman–Crippen LogP) is -3.80. The van der Waals surface area contributed by atoms with Crippen LogP contribution in [0.4, 0.5) is 0 Å². The van der Waals surface area contributed by atoms with Crippen LogP contribution in [0, 0.1) is 0 Å². The van der Waals surface area contributed by atoms with E-state index in [1.54, 1.807) is 0 Å². The molecule has 16 heteroatoms. The van der Waals surface area contributed by atoms with Crippen LogP contribution in [0.5, 0.6) is 0 Å². The van der Waals surface area contributed by atoms with E-state index in [9.17, 15) is 33.6 Å². The summed E-state index contributed by atoms with van der Waals surface area (Å²) in [4.78, 5) is 81.9. The highest BCUT2D eigenvalue weighted by molar-refractivity contribution is 5.96. The number of unbranched alkanes of at least 4 members (excludes halogenated alkanes) is 1. The smallest absolute Gasteiger partial charge is 0.326 e. The molecule has 0 aliphatic heterocycles. The molecule has 12 N–H and O–H groups in total. The van der Waals surface area contributed by atoms with Gasteiger partial charge in [-0.05, 0) is 25.8 Å². The maximum absolute atomic E-state index is 12.7. The molecule has 0 aliphatic rings. The van der Waals surface area contributed by atoms with E-state index in [1.807, 2.05) is 5.32 Å². The number of rotatable bonds is 18. The highest BCUT2D eigenvalue weighted by Crippen LogP contribution is 2.05. The van der Waals surface area contributed by atoms with Gasteiger partial charge in [0.15, 0.2) is 0 Å². The summed E-state index contributed by atoms with van der Waals surface area (Å²) in [6.45, 7) is 0.389. The van der Waals surface area contributed by atoms with Crippen LogP contribution in [0.1, 0.15) is 44.9 Å². The van der Waals surface area contributed by atoms with Crippen molar-refractivity contribution in [3.8, 4) is 0 Å². The lowest BCUT2D eigenvalue weighted by atomic mass is 10.1. The van der Waals surface area contributed by atoms with Crippen LogP contribution in [-0.2, 0) is 33.6 Å². The number of carbonyl (C=O) groups is 7. The molecule has 198 valence electrons. The molecular weight excluding hydrogens is 472 g/mol. The fraction of sp³-hybridized carbons (Fsp3) is 0.632. The third-order valence-corrected chi connectivity index (χ3v) is 4.62. The minimum absolute atomic E-state index is 0.247. The minimum Gasteiger partial charge on any atom is -0.481 e. The van der Waals surface area contributed by atoms with Crippen molar-refractivity contribution in [2.45, 2.75) is 69.1 Å². The Balaban J connectivity index is 5.53. The molecule has 0 heterocycles. The molecule has 0 aliphatic carbocycles. The molecule has 0 aromatic rings. The van der Waals surface area contributed by atoms with Gasteiger partial charge in [0.25, 0.3) is 0 Å². The van der Waals surface area contributed by atoms with Crippen LogP contribution in [0.3, 0.4) is 0 Å². The molecule has 0 spiro atoms. The summed E-state index contributed by atoms with van der Waals surface area (Å²) in [5.74, 6) is -8.70. The first-order chi connectivity index (χ1) is 16.3. The molecule has 0 rings (SSSR count). The zero-order valence-corrected chi connectivity index (χ0v) is 18.9. The lowest BCUT2D eigenvalue weighted by molar-refractivity contribution is -0.148. The zero-order valence-electron chi connectivity index (χ0n) is 18.9. The van der Waals surface area contributed by atoms with Crippen molar-refractivity contribution in [3.63, 3.8) is 0 Å². The topological polar surface area (TPSA) is 294 Å². The summed E-state index contributed by atoms with van der Waals surface area (Å²) >= 11 is 0. The van der Waals surface area contributed by atoms with Crippen LogP contribution < -0.4 is 33.2 Å².